The minimum absolute atomic E-state index is 0.0594. The number of ether oxygens (including phenoxy) is 2. The molecule has 0 spiro atoms. The molecule has 0 aliphatic rings. The molecule has 8 heteroatoms. The Bertz CT molecular complexity index is 839. The number of esters is 1. The van der Waals surface area contributed by atoms with Crippen LogP contribution in [0.2, 0.25) is 5.02 Å². The highest BCUT2D eigenvalue weighted by atomic mass is 35.5. The maximum Gasteiger partial charge on any atom is 0.308 e. The predicted molar refractivity (Wildman–Crippen MR) is 106 cm³/mol. The number of amides is 2. The van der Waals surface area contributed by atoms with E-state index in [4.69, 9.17) is 21.1 Å². The third-order valence-electron chi connectivity index (χ3n) is 3.74. The first-order valence-corrected chi connectivity index (χ1v) is 8.95. The van der Waals surface area contributed by atoms with Crippen molar-refractivity contribution in [3.05, 3.63) is 59.1 Å². The van der Waals surface area contributed by atoms with Gasteiger partial charge < -0.3 is 20.1 Å². The molecule has 0 fully saturated rings. The monoisotopic (exact) mass is 404 g/mol. The predicted octanol–water partition coefficient (Wildman–Crippen LogP) is 3.04. The Hall–Kier alpha value is -3.06. The van der Waals surface area contributed by atoms with Gasteiger partial charge in [-0.15, -0.1) is 0 Å². The molecule has 7 nitrogen and oxygen atoms in total. The van der Waals surface area contributed by atoms with E-state index < -0.39 is 18.0 Å². The molecule has 2 aromatic rings. The second-order valence-corrected chi connectivity index (χ2v) is 6.30. The summed E-state index contributed by atoms with van der Waals surface area (Å²) in [6, 6.07) is 13.2. The van der Waals surface area contributed by atoms with Crippen molar-refractivity contribution in [1.29, 1.82) is 0 Å². The zero-order valence-corrected chi connectivity index (χ0v) is 16.3. The zero-order valence-electron chi connectivity index (χ0n) is 15.5. The number of carbonyl (C=O) groups is 3. The van der Waals surface area contributed by atoms with E-state index in [2.05, 4.69) is 10.6 Å². The van der Waals surface area contributed by atoms with Gasteiger partial charge in [0, 0.05) is 28.9 Å². The van der Waals surface area contributed by atoms with Crippen LogP contribution >= 0.6 is 11.6 Å². The Morgan fingerprint density at radius 2 is 1.82 bits per heavy atom. The van der Waals surface area contributed by atoms with Gasteiger partial charge in [0.25, 0.3) is 11.8 Å². The maximum atomic E-state index is 12.1. The molecule has 1 atom stereocenters. The van der Waals surface area contributed by atoms with Gasteiger partial charge in [0.2, 0.25) is 0 Å². The Morgan fingerprint density at radius 3 is 2.50 bits per heavy atom. The van der Waals surface area contributed by atoms with Gasteiger partial charge in [-0.2, -0.15) is 0 Å². The molecule has 0 saturated carbocycles. The van der Waals surface area contributed by atoms with E-state index in [-0.39, 0.29) is 18.9 Å². The molecule has 0 unspecified atom stereocenters. The molecule has 148 valence electrons. The van der Waals surface area contributed by atoms with Crippen LogP contribution in [0.25, 0.3) is 0 Å². The third kappa shape index (κ3) is 6.59. The first kappa shape index (κ1) is 21.2. The van der Waals surface area contributed by atoms with Crippen LogP contribution in [0.1, 0.15) is 23.7 Å². The van der Waals surface area contributed by atoms with E-state index in [0.717, 1.165) is 0 Å². The summed E-state index contributed by atoms with van der Waals surface area (Å²) in [6.07, 6.45) is -1.04. The van der Waals surface area contributed by atoms with Crippen molar-refractivity contribution in [1.82, 2.24) is 5.32 Å². The van der Waals surface area contributed by atoms with Crippen molar-refractivity contribution in [2.75, 3.05) is 19.0 Å². The Kier molecular flexibility index (Phi) is 7.83. The van der Waals surface area contributed by atoms with E-state index in [1.807, 2.05) is 0 Å². The van der Waals surface area contributed by atoms with Crippen LogP contribution in [-0.2, 0) is 14.3 Å². The largest absolute Gasteiger partial charge is 0.497 e. The molecule has 0 heterocycles. The van der Waals surface area contributed by atoms with Crippen molar-refractivity contribution < 1.29 is 23.9 Å². The lowest BCUT2D eigenvalue weighted by Crippen LogP contribution is -2.32. The Balaban J connectivity index is 1.74. The summed E-state index contributed by atoms with van der Waals surface area (Å²) in [6.45, 7) is 1.56. The first-order valence-electron chi connectivity index (χ1n) is 8.57. The van der Waals surface area contributed by atoms with Crippen LogP contribution in [0.15, 0.2) is 48.5 Å². The number of anilines is 1. The standard InChI is InChI=1S/C20H21ClN2O5/c1-13(19(25)23-16-4-3-5-17(12-16)27-2)28-18(24)10-11-22-20(26)14-6-8-15(21)9-7-14/h3-9,12-13H,10-11H2,1-2H3,(H,22,26)(H,23,25)/t13-/m1/s1. The van der Waals surface area contributed by atoms with Crippen LogP contribution in [0.4, 0.5) is 5.69 Å². The van der Waals surface area contributed by atoms with Gasteiger partial charge in [0.1, 0.15) is 5.75 Å². The van der Waals surface area contributed by atoms with Crippen LogP contribution < -0.4 is 15.4 Å². The molecular weight excluding hydrogens is 384 g/mol. The summed E-state index contributed by atoms with van der Waals surface area (Å²) in [4.78, 5) is 36.0. The quantitative estimate of drug-likeness (QED) is 0.659. The summed E-state index contributed by atoms with van der Waals surface area (Å²) in [5, 5.41) is 5.78. The summed E-state index contributed by atoms with van der Waals surface area (Å²) in [7, 11) is 1.52. The minimum atomic E-state index is -0.981. The molecule has 0 aliphatic heterocycles. The van der Waals surface area contributed by atoms with Gasteiger partial charge in [-0.25, -0.2) is 0 Å². The molecule has 2 aromatic carbocycles. The van der Waals surface area contributed by atoms with Gasteiger partial charge in [-0.3, -0.25) is 14.4 Å². The lowest BCUT2D eigenvalue weighted by molar-refractivity contribution is -0.153. The van der Waals surface area contributed by atoms with E-state index in [1.165, 1.54) is 14.0 Å². The number of benzene rings is 2. The lowest BCUT2D eigenvalue weighted by Gasteiger charge is -2.14. The SMILES string of the molecule is COc1cccc(NC(=O)[C@@H](C)OC(=O)CCNC(=O)c2ccc(Cl)cc2)c1. The number of nitrogens with one attached hydrogen (secondary N) is 2. The molecule has 0 saturated heterocycles. The normalized spacial score (nSPS) is 11.2. The molecule has 0 radical (unpaired) electrons. The van der Waals surface area contributed by atoms with E-state index in [0.29, 0.717) is 22.0 Å². The molecule has 2 N–H and O–H groups in total. The van der Waals surface area contributed by atoms with Crippen LogP contribution in [-0.4, -0.2) is 37.5 Å². The van der Waals surface area contributed by atoms with Gasteiger partial charge >= 0.3 is 5.97 Å². The first-order chi connectivity index (χ1) is 13.4. The number of hydrogen-bond acceptors (Lipinski definition) is 5. The Morgan fingerprint density at radius 1 is 1.11 bits per heavy atom. The average molecular weight is 405 g/mol. The molecule has 2 rings (SSSR count). The van der Waals surface area contributed by atoms with Crippen molar-refractivity contribution >= 4 is 35.1 Å². The average Bonchev–Trinajstić information content (AvgIpc) is 2.68. The highest BCUT2D eigenvalue weighted by molar-refractivity contribution is 6.30. The molecular formula is C20H21ClN2O5. The fourth-order valence-corrected chi connectivity index (χ4v) is 2.36. The van der Waals surface area contributed by atoms with Gasteiger partial charge in [-0.05, 0) is 43.3 Å². The zero-order chi connectivity index (χ0) is 20.5. The third-order valence-corrected chi connectivity index (χ3v) is 3.99. The summed E-state index contributed by atoms with van der Waals surface area (Å²) < 4.78 is 10.2. The summed E-state index contributed by atoms with van der Waals surface area (Å²) in [5.74, 6) is -0.788. The lowest BCUT2D eigenvalue weighted by atomic mass is 10.2. The second kappa shape index (κ2) is 10.3. The van der Waals surface area contributed by atoms with E-state index >= 15 is 0 Å². The van der Waals surface area contributed by atoms with Crippen LogP contribution in [0, 0.1) is 0 Å². The van der Waals surface area contributed by atoms with Crippen LogP contribution in [0.5, 0.6) is 5.75 Å². The van der Waals surface area contributed by atoms with E-state index in [9.17, 15) is 14.4 Å². The van der Waals surface area contributed by atoms with Crippen molar-refractivity contribution in [2.45, 2.75) is 19.4 Å². The molecule has 0 aliphatic carbocycles. The fraction of sp³-hybridized carbons (Fsp3) is 0.250. The van der Waals surface area contributed by atoms with Gasteiger partial charge in [0.15, 0.2) is 6.10 Å². The number of rotatable bonds is 8. The smallest absolute Gasteiger partial charge is 0.308 e. The highest BCUT2D eigenvalue weighted by Crippen LogP contribution is 2.17. The van der Waals surface area contributed by atoms with Gasteiger partial charge in [0.05, 0.1) is 13.5 Å². The van der Waals surface area contributed by atoms with Crippen molar-refractivity contribution in [2.24, 2.45) is 0 Å². The number of methoxy groups -OCH3 is 1. The molecule has 0 aromatic heterocycles. The topological polar surface area (TPSA) is 93.7 Å². The fourth-order valence-electron chi connectivity index (χ4n) is 2.24. The van der Waals surface area contributed by atoms with Crippen molar-refractivity contribution in [3.63, 3.8) is 0 Å². The number of carbonyl (C=O) groups excluding carboxylic acids is 3. The van der Waals surface area contributed by atoms with Crippen LogP contribution in [0.3, 0.4) is 0 Å². The summed E-state index contributed by atoms with van der Waals surface area (Å²) >= 11 is 5.77. The molecule has 0 bridgehead atoms. The summed E-state index contributed by atoms with van der Waals surface area (Å²) in [5.41, 5.74) is 0.964. The number of hydrogen-bond donors (Lipinski definition) is 2. The minimum Gasteiger partial charge on any atom is -0.497 e. The highest BCUT2D eigenvalue weighted by Gasteiger charge is 2.18. The van der Waals surface area contributed by atoms with Gasteiger partial charge in [-0.1, -0.05) is 17.7 Å². The number of halogens is 1. The van der Waals surface area contributed by atoms with Crippen molar-refractivity contribution in [3.8, 4) is 5.75 Å². The molecule has 28 heavy (non-hydrogen) atoms. The van der Waals surface area contributed by atoms with E-state index in [1.54, 1.807) is 48.5 Å². The maximum absolute atomic E-state index is 12.1. The molecule has 2 amide bonds. The Labute approximate surface area is 168 Å². The second-order valence-electron chi connectivity index (χ2n) is 5.87.